The Kier molecular flexibility index (Phi) is 6.31. The maximum Gasteiger partial charge on any atom is 0.416 e. The van der Waals surface area contributed by atoms with Crippen molar-refractivity contribution in [1.82, 2.24) is 20.1 Å². The van der Waals surface area contributed by atoms with Crippen LogP contribution < -0.4 is 5.32 Å². The van der Waals surface area contributed by atoms with Gasteiger partial charge in [-0.15, -0.1) is 0 Å². The smallest absolute Gasteiger partial charge is 0.383 e. The Balaban J connectivity index is 1.26. The predicted molar refractivity (Wildman–Crippen MR) is 125 cm³/mol. The fourth-order valence-corrected chi connectivity index (χ4v) is 5.39. The third-order valence-corrected chi connectivity index (χ3v) is 7.74. The van der Waals surface area contributed by atoms with E-state index in [2.05, 4.69) is 15.2 Å². The van der Waals surface area contributed by atoms with Gasteiger partial charge in [-0.2, -0.15) is 13.2 Å². The van der Waals surface area contributed by atoms with Crippen LogP contribution in [0.4, 0.5) is 13.2 Å². The van der Waals surface area contributed by atoms with Gasteiger partial charge in [-0.25, -0.2) is 0 Å². The molecule has 37 heavy (non-hydrogen) atoms. The lowest BCUT2D eigenvalue weighted by atomic mass is 9.86. The number of nitrogens with zero attached hydrogens (tertiary/aromatic N) is 3. The monoisotopic (exact) mass is 516 g/mol. The average molecular weight is 517 g/mol. The van der Waals surface area contributed by atoms with Crippen LogP contribution in [0.5, 0.6) is 0 Å². The SMILES string of the molecule is C[C@H](c1ccc(C(F)(F)F)cc1)N1CCC(O)(c2ccc3c(n2)CN(C2CCC(=O)NC2=O)C3=O)CC1. The minimum Gasteiger partial charge on any atom is -0.383 e. The molecule has 2 fully saturated rings. The maximum atomic E-state index is 12.9. The molecule has 8 nitrogen and oxygen atoms in total. The van der Waals surface area contributed by atoms with E-state index >= 15 is 0 Å². The van der Waals surface area contributed by atoms with Crippen molar-refractivity contribution in [3.63, 3.8) is 0 Å². The van der Waals surface area contributed by atoms with Crippen LogP contribution >= 0.6 is 0 Å². The van der Waals surface area contributed by atoms with Gasteiger partial charge in [-0.3, -0.25) is 29.6 Å². The summed E-state index contributed by atoms with van der Waals surface area (Å²) >= 11 is 0. The van der Waals surface area contributed by atoms with E-state index in [0.29, 0.717) is 42.9 Å². The number of aromatic nitrogens is 1. The first-order chi connectivity index (χ1) is 17.5. The number of hydrogen-bond acceptors (Lipinski definition) is 6. The van der Waals surface area contributed by atoms with Crippen molar-refractivity contribution in [3.05, 3.63) is 64.5 Å². The summed E-state index contributed by atoms with van der Waals surface area (Å²) in [6.07, 6.45) is -3.22. The molecule has 5 rings (SSSR count). The second-order valence-electron chi connectivity index (χ2n) is 9.95. The van der Waals surface area contributed by atoms with Gasteiger partial charge < -0.3 is 10.0 Å². The molecule has 3 aliphatic heterocycles. The fraction of sp³-hybridized carbons (Fsp3) is 0.462. The highest BCUT2D eigenvalue weighted by Gasteiger charge is 2.42. The normalized spacial score (nSPS) is 23.1. The van der Waals surface area contributed by atoms with Gasteiger partial charge in [0.25, 0.3) is 5.91 Å². The lowest BCUT2D eigenvalue weighted by molar-refractivity contribution is -0.138. The number of fused-ring (bicyclic) bond motifs is 1. The second-order valence-corrected chi connectivity index (χ2v) is 9.95. The molecule has 0 spiro atoms. The van der Waals surface area contributed by atoms with E-state index in [-0.39, 0.29) is 37.2 Å². The molecule has 2 saturated heterocycles. The first-order valence-corrected chi connectivity index (χ1v) is 12.2. The zero-order chi connectivity index (χ0) is 26.5. The van der Waals surface area contributed by atoms with Crippen LogP contribution in [0.25, 0.3) is 0 Å². The lowest BCUT2D eigenvalue weighted by Gasteiger charge is -2.40. The molecule has 2 N–H and O–H groups in total. The van der Waals surface area contributed by atoms with Crippen LogP contribution in [0, 0.1) is 0 Å². The molecule has 0 aliphatic carbocycles. The van der Waals surface area contributed by atoms with E-state index in [0.717, 1.165) is 17.7 Å². The van der Waals surface area contributed by atoms with Crippen molar-refractivity contribution >= 4 is 17.7 Å². The summed E-state index contributed by atoms with van der Waals surface area (Å²) in [6, 6.07) is 7.55. The summed E-state index contributed by atoms with van der Waals surface area (Å²) < 4.78 is 38.6. The molecular weight excluding hydrogens is 489 g/mol. The van der Waals surface area contributed by atoms with Crippen LogP contribution in [0.1, 0.15) is 71.5 Å². The first-order valence-electron chi connectivity index (χ1n) is 12.2. The molecule has 1 aromatic heterocycles. The Morgan fingerprint density at radius 1 is 1.08 bits per heavy atom. The van der Waals surface area contributed by atoms with Gasteiger partial charge in [0.05, 0.1) is 29.1 Å². The minimum absolute atomic E-state index is 0.125. The average Bonchev–Trinajstić information content (AvgIpc) is 3.19. The van der Waals surface area contributed by atoms with Crippen LogP contribution in [-0.4, -0.2) is 56.7 Å². The molecule has 11 heteroatoms. The molecule has 3 aliphatic rings. The number of rotatable bonds is 4. The van der Waals surface area contributed by atoms with E-state index in [1.54, 1.807) is 12.1 Å². The van der Waals surface area contributed by atoms with Crippen molar-refractivity contribution in [1.29, 1.82) is 0 Å². The van der Waals surface area contributed by atoms with E-state index in [1.807, 2.05) is 6.92 Å². The molecule has 4 heterocycles. The topological polar surface area (TPSA) is 103 Å². The second kappa shape index (κ2) is 9.21. The van der Waals surface area contributed by atoms with Gasteiger partial charge in [0.15, 0.2) is 0 Å². The van der Waals surface area contributed by atoms with Gasteiger partial charge in [0, 0.05) is 25.6 Å². The van der Waals surface area contributed by atoms with E-state index in [9.17, 15) is 32.7 Å². The fourth-order valence-electron chi connectivity index (χ4n) is 5.39. The largest absolute Gasteiger partial charge is 0.416 e. The van der Waals surface area contributed by atoms with Gasteiger partial charge in [0.2, 0.25) is 11.8 Å². The van der Waals surface area contributed by atoms with Crippen LogP contribution in [0.15, 0.2) is 36.4 Å². The molecule has 0 bridgehead atoms. The number of alkyl halides is 3. The predicted octanol–water partition coefficient (Wildman–Crippen LogP) is 2.91. The quantitative estimate of drug-likeness (QED) is 0.606. The molecule has 0 saturated carbocycles. The Bertz CT molecular complexity index is 1240. The summed E-state index contributed by atoms with van der Waals surface area (Å²) in [4.78, 5) is 44.8. The Labute approximate surface area is 211 Å². The van der Waals surface area contributed by atoms with E-state index in [4.69, 9.17) is 0 Å². The standard InChI is InChI=1S/C26H27F3N4O4/c1-15(16-2-4-17(5-3-16)26(27,28)29)32-12-10-25(37,11-13-32)21-8-6-18-19(30-21)14-33(24(18)36)20-7-9-22(34)31-23(20)35/h2-6,8,15,20,37H,7,9-14H2,1H3,(H,31,34,35)/t15-,20?/m1/s1. The molecular formula is C26H27F3N4O4. The molecule has 2 atom stereocenters. The summed E-state index contributed by atoms with van der Waals surface area (Å²) in [5, 5.41) is 13.7. The molecule has 2 aromatic rings. The molecule has 1 unspecified atom stereocenters. The van der Waals surface area contributed by atoms with Crippen LogP contribution in [0.3, 0.4) is 0 Å². The number of carbonyl (C=O) groups is 3. The minimum atomic E-state index is -4.38. The van der Waals surface area contributed by atoms with Crippen LogP contribution in [0.2, 0.25) is 0 Å². The number of nitrogens with one attached hydrogen (secondary N) is 1. The molecule has 3 amide bonds. The van der Waals surface area contributed by atoms with Gasteiger partial charge in [-0.05, 0) is 56.0 Å². The number of aliphatic hydroxyl groups is 1. The Hall–Kier alpha value is -3.31. The summed E-state index contributed by atoms with van der Waals surface area (Å²) in [6.45, 7) is 3.08. The summed E-state index contributed by atoms with van der Waals surface area (Å²) in [5.41, 5.74) is 0.184. The zero-order valence-corrected chi connectivity index (χ0v) is 20.2. The number of pyridine rings is 1. The van der Waals surface area contributed by atoms with E-state index < -0.39 is 29.3 Å². The first kappa shape index (κ1) is 25.3. The number of likely N-dealkylation sites (tertiary alicyclic amines) is 1. The number of amides is 3. The molecule has 1 aromatic carbocycles. The van der Waals surface area contributed by atoms with E-state index in [1.165, 1.54) is 17.0 Å². The lowest BCUT2D eigenvalue weighted by Crippen LogP contribution is -2.52. The molecule has 0 radical (unpaired) electrons. The van der Waals surface area contributed by atoms with Gasteiger partial charge in [-0.1, -0.05) is 12.1 Å². The van der Waals surface area contributed by atoms with Crippen LogP contribution in [-0.2, 0) is 27.9 Å². The number of carbonyl (C=O) groups excluding carboxylic acids is 3. The summed E-state index contributed by atoms with van der Waals surface area (Å²) in [7, 11) is 0. The summed E-state index contributed by atoms with van der Waals surface area (Å²) in [5.74, 6) is -1.17. The molecule has 196 valence electrons. The van der Waals surface area contributed by atoms with Crippen molar-refractivity contribution < 1.29 is 32.7 Å². The number of benzene rings is 1. The van der Waals surface area contributed by atoms with Crippen molar-refractivity contribution in [3.8, 4) is 0 Å². The zero-order valence-electron chi connectivity index (χ0n) is 20.2. The number of hydrogen-bond donors (Lipinski definition) is 2. The highest BCUT2D eigenvalue weighted by Crippen LogP contribution is 2.37. The third-order valence-electron chi connectivity index (χ3n) is 7.74. The Morgan fingerprint density at radius 2 is 1.76 bits per heavy atom. The van der Waals surface area contributed by atoms with Gasteiger partial charge >= 0.3 is 6.18 Å². The number of piperidine rings is 2. The van der Waals surface area contributed by atoms with Crippen molar-refractivity contribution in [2.75, 3.05) is 13.1 Å². The third kappa shape index (κ3) is 4.73. The maximum absolute atomic E-state index is 12.9. The number of imide groups is 1. The Morgan fingerprint density at radius 3 is 2.38 bits per heavy atom. The van der Waals surface area contributed by atoms with Crippen molar-refractivity contribution in [2.45, 2.75) is 63.0 Å². The van der Waals surface area contributed by atoms with Crippen molar-refractivity contribution in [2.24, 2.45) is 0 Å². The highest BCUT2D eigenvalue weighted by molar-refractivity contribution is 6.05. The number of halogens is 3. The van der Waals surface area contributed by atoms with Gasteiger partial charge in [0.1, 0.15) is 11.6 Å². The highest BCUT2D eigenvalue weighted by atomic mass is 19.4.